The van der Waals surface area contributed by atoms with E-state index < -0.39 is 0 Å². The highest BCUT2D eigenvalue weighted by molar-refractivity contribution is 5.40. The van der Waals surface area contributed by atoms with Crippen LogP contribution in [0.1, 0.15) is 24.7 Å². The lowest BCUT2D eigenvalue weighted by molar-refractivity contribution is 0.805. The second-order valence-corrected chi connectivity index (χ2v) is 4.15. The fraction of sp³-hybridized carbons (Fsp3) is 0.385. The van der Waals surface area contributed by atoms with Gasteiger partial charge in [0.15, 0.2) is 5.82 Å². The van der Waals surface area contributed by atoms with E-state index in [4.69, 9.17) is 0 Å². The van der Waals surface area contributed by atoms with Crippen LogP contribution in [0.25, 0.3) is 5.82 Å². The molecule has 2 aromatic rings. The highest BCUT2D eigenvalue weighted by atomic mass is 15.3. The summed E-state index contributed by atoms with van der Waals surface area (Å²) in [5.41, 5.74) is 2.11. The predicted octanol–water partition coefficient (Wildman–Crippen LogP) is 2.71. The normalized spacial score (nSPS) is 10.5. The number of hydrogen-bond donors (Lipinski definition) is 1. The van der Waals surface area contributed by atoms with Gasteiger partial charge in [-0.1, -0.05) is 13.0 Å². The number of anilines is 1. The number of nitrogens with one attached hydrogen (secondary N) is 1. The third-order valence-corrected chi connectivity index (χ3v) is 2.52. The summed E-state index contributed by atoms with van der Waals surface area (Å²) in [6, 6.07) is 7.99. The SMILES string of the molecule is CCCNc1cccc(-n2nc(C)cc2C)n1. The molecule has 0 aliphatic heterocycles. The molecular weight excluding hydrogens is 212 g/mol. The molecule has 1 N–H and O–H groups in total. The lowest BCUT2D eigenvalue weighted by atomic mass is 10.4. The summed E-state index contributed by atoms with van der Waals surface area (Å²) < 4.78 is 1.87. The van der Waals surface area contributed by atoms with E-state index in [0.717, 1.165) is 36.0 Å². The second kappa shape index (κ2) is 4.99. The van der Waals surface area contributed by atoms with Crippen molar-refractivity contribution in [2.45, 2.75) is 27.2 Å². The van der Waals surface area contributed by atoms with Gasteiger partial charge in [0.05, 0.1) is 5.69 Å². The van der Waals surface area contributed by atoms with Gasteiger partial charge in [-0.2, -0.15) is 5.10 Å². The highest BCUT2D eigenvalue weighted by Crippen LogP contribution is 2.12. The molecule has 2 aromatic heterocycles. The Kier molecular flexibility index (Phi) is 3.42. The molecule has 0 spiro atoms. The van der Waals surface area contributed by atoms with Gasteiger partial charge >= 0.3 is 0 Å². The largest absolute Gasteiger partial charge is 0.370 e. The van der Waals surface area contributed by atoms with E-state index in [1.54, 1.807) is 0 Å². The molecule has 0 unspecified atom stereocenters. The monoisotopic (exact) mass is 230 g/mol. The van der Waals surface area contributed by atoms with Gasteiger partial charge in [-0.3, -0.25) is 0 Å². The summed E-state index contributed by atoms with van der Waals surface area (Å²) in [6.45, 7) is 7.10. The van der Waals surface area contributed by atoms with Crippen LogP contribution in [0.15, 0.2) is 24.3 Å². The predicted molar refractivity (Wildman–Crippen MR) is 69.6 cm³/mol. The van der Waals surface area contributed by atoms with Crippen molar-refractivity contribution in [1.29, 1.82) is 0 Å². The zero-order chi connectivity index (χ0) is 12.3. The second-order valence-electron chi connectivity index (χ2n) is 4.15. The summed E-state index contributed by atoms with van der Waals surface area (Å²) in [5.74, 6) is 1.76. The Morgan fingerprint density at radius 1 is 1.29 bits per heavy atom. The molecule has 0 aromatic carbocycles. The van der Waals surface area contributed by atoms with Crippen LogP contribution < -0.4 is 5.32 Å². The Bertz CT molecular complexity index is 502. The minimum atomic E-state index is 0.858. The molecule has 90 valence electrons. The van der Waals surface area contributed by atoms with Crippen molar-refractivity contribution in [1.82, 2.24) is 14.8 Å². The van der Waals surface area contributed by atoms with E-state index in [1.807, 2.05) is 42.8 Å². The molecule has 4 nitrogen and oxygen atoms in total. The van der Waals surface area contributed by atoms with Crippen molar-refractivity contribution < 1.29 is 0 Å². The number of aromatic nitrogens is 3. The third-order valence-electron chi connectivity index (χ3n) is 2.52. The Hall–Kier alpha value is -1.84. The maximum absolute atomic E-state index is 4.54. The maximum atomic E-state index is 4.54. The van der Waals surface area contributed by atoms with Crippen molar-refractivity contribution >= 4 is 5.82 Å². The number of hydrogen-bond acceptors (Lipinski definition) is 3. The molecule has 2 rings (SSSR count). The van der Waals surface area contributed by atoms with Gasteiger partial charge in [-0.15, -0.1) is 0 Å². The van der Waals surface area contributed by atoms with Crippen molar-refractivity contribution in [3.63, 3.8) is 0 Å². The molecule has 0 saturated carbocycles. The van der Waals surface area contributed by atoms with Gasteiger partial charge in [-0.05, 0) is 38.5 Å². The van der Waals surface area contributed by atoms with E-state index in [2.05, 4.69) is 22.3 Å². The summed E-state index contributed by atoms with van der Waals surface area (Å²) in [7, 11) is 0. The molecule has 17 heavy (non-hydrogen) atoms. The summed E-state index contributed by atoms with van der Waals surface area (Å²) in [6.07, 6.45) is 1.09. The van der Waals surface area contributed by atoms with Crippen molar-refractivity contribution in [2.24, 2.45) is 0 Å². The fourth-order valence-corrected chi connectivity index (χ4v) is 1.75. The lowest BCUT2D eigenvalue weighted by Crippen LogP contribution is -2.06. The first kappa shape index (κ1) is 11.6. The standard InChI is InChI=1S/C13H18N4/c1-4-8-14-12-6-5-7-13(15-12)17-11(3)9-10(2)16-17/h5-7,9H,4,8H2,1-3H3,(H,14,15). The molecule has 2 heterocycles. The Morgan fingerprint density at radius 2 is 2.12 bits per heavy atom. The van der Waals surface area contributed by atoms with E-state index >= 15 is 0 Å². The lowest BCUT2D eigenvalue weighted by Gasteiger charge is -2.07. The summed E-state index contributed by atoms with van der Waals surface area (Å²) in [4.78, 5) is 4.54. The maximum Gasteiger partial charge on any atom is 0.156 e. The van der Waals surface area contributed by atoms with E-state index in [0.29, 0.717) is 0 Å². The molecule has 0 saturated heterocycles. The first-order chi connectivity index (χ1) is 8.20. The first-order valence-electron chi connectivity index (χ1n) is 5.95. The third kappa shape index (κ3) is 2.64. The van der Waals surface area contributed by atoms with Gasteiger partial charge in [0.25, 0.3) is 0 Å². The van der Waals surface area contributed by atoms with Gasteiger partial charge < -0.3 is 5.32 Å². The van der Waals surface area contributed by atoms with Crippen LogP contribution in [0.3, 0.4) is 0 Å². The smallest absolute Gasteiger partial charge is 0.156 e. The molecule has 4 heteroatoms. The number of rotatable bonds is 4. The van der Waals surface area contributed by atoms with Crippen LogP contribution in [-0.2, 0) is 0 Å². The van der Waals surface area contributed by atoms with Gasteiger partial charge in [0, 0.05) is 12.2 Å². The molecule has 0 fully saturated rings. The highest BCUT2D eigenvalue weighted by Gasteiger charge is 2.05. The molecule has 0 radical (unpaired) electrons. The molecule has 0 aliphatic carbocycles. The molecular formula is C13H18N4. The molecule has 0 atom stereocenters. The van der Waals surface area contributed by atoms with Crippen LogP contribution in [-0.4, -0.2) is 21.3 Å². The Balaban J connectivity index is 2.29. The van der Waals surface area contributed by atoms with Crippen LogP contribution in [0.2, 0.25) is 0 Å². The van der Waals surface area contributed by atoms with Crippen molar-refractivity contribution in [2.75, 3.05) is 11.9 Å². The van der Waals surface area contributed by atoms with Gasteiger partial charge in [0.2, 0.25) is 0 Å². The number of pyridine rings is 1. The Labute approximate surface area is 102 Å². The van der Waals surface area contributed by atoms with E-state index in [9.17, 15) is 0 Å². The zero-order valence-electron chi connectivity index (χ0n) is 10.6. The van der Waals surface area contributed by atoms with Crippen LogP contribution >= 0.6 is 0 Å². The minimum Gasteiger partial charge on any atom is -0.370 e. The summed E-state index contributed by atoms with van der Waals surface area (Å²) >= 11 is 0. The van der Waals surface area contributed by atoms with Crippen LogP contribution in [0.5, 0.6) is 0 Å². The van der Waals surface area contributed by atoms with Crippen LogP contribution in [0, 0.1) is 13.8 Å². The quantitative estimate of drug-likeness (QED) is 0.878. The average molecular weight is 230 g/mol. The van der Waals surface area contributed by atoms with Gasteiger partial charge in [0.1, 0.15) is 5.82 Å². The number of aryl methyl sites for hydroxylation is 2. The average Bonchev–Trinajstić information content (AvgIpc) is 2.66. The van der Waals surface area contributed by atoms with E-state index in [1.165, 1.54) is 0 Å². The zero-order valence-corrected chi connectivity index (χ0v) is 10.6. The molecule has 0 amide bonds. The topological polar surface area (TPSA) is 42.7 Å². The number of nitrogens with zero attached hydrogens (tertiary/aromatic N) is 3. The Morgan fingerprint density at radius 3 is 2.76 bits per heavy atom. The summed E-state index contributed by atoms with van der Waals surface area (Å²) in [5, 5.41) is 7.71. The molecule has 0 bridgehead atoms. The van der Waals surface area contributed by atoms with Crippen molar-refractivity contribution in [3.05, 3.63) is 35.7 Å². The van der Waals surface area contributed by atoms with Crippen LogP contribution in [0.4, 0.5) is 5.82 Å². The minimum absolute atomic E-state index is 0.858. The van der Waals surface area contributed by atoms with Crippen molar-refractivity contribution in [3.8, 4) is 5.82 Å². The van der Waals surface area contributed by atoms with Gasteiger partial charge in [-0.25, -0.2) is 9.67 Å². The molecule has 0 aliphatic rings. The first-order valence-corrected chi connectivity index (χ1v) is 5.95. The van der Waals surface area contributed by atoms with E-state index in [-0.39, 0.29) is 0 Å². The fourth-order valence-electron chi connectivity index (χ4n) is 1.75.